The summed E-state index contributed by atoms with van der Waals surface area (Å²) < 4.78 is 25.7. The van der Waals surface area contributed by atoms with Crippen LogP contribution in [0.2, 0.25) is 4.34 Å². The number of carbonyl (C=O) groups excluding carboxylic acids is 1. The largest absolute Gasteiger partial charge is 0.273 e. The van der Waals surface area contributed by atoms with E-state index in [0.717, 1.165) is 4.88 Å². The van der Waals surface area contributed by atoms with Gasteiger partial charge in [0.1, 0.15) is 0 Å². The molecule has 0 saturated carbocycles. The van der Waals surface area contributed by atoms with Gasteiger partial charge in [0.25, 0.3) is 0 Å². The van der Waals surface area contributed by atoms with Gasteiger partial charge in [0.15, 0.2) is 0 Å². The Morgan fingerprint density at radius 1 is 1.35 bits per heavy atom. The van der Waals surface area contributed by atoms with Crippen LogP contribution in [-0.2, 0) is 14.8 Å². The number of thiophene rings is 1. The van der Waals surface area contributed by atoms with Crippen molar-refractivity contribution in [2.75, 3.05) is 0 Å². The van der Waals surface area contributed by atoms with Crippen LogP contribution in [0.5, 0.6) is 0 Å². The van der Waals surface area contributed by atoms with Gasteiger partial charge in [0.05, 0.1) is 15.5 Å². The fourth-order valence-electron chi connectivity index (χ4n) is 1.04. The molecule has 17 heavy (non-hydrogen) atoms. The minimum atomic E-state index is -3.57. The molecule has 0 bridgehead atoms. The lowest BCUT2D eigenvalue weighted by Gasteiger charge is -2.13. The Morgan fingerprint density at radius 3 is 2.35 bits per heavy atom. The molecule has 0 spiro atoms. The summed E-state index contributed by atoms with van der Waals surface area (Å²) >= 11 is 7.03. The third-order valence-corrected chi connectivity index (χ3v) is 5.42. The van der Waals surface area contributed by atoms with Crippen LogP contribution in [-0.4, -0.2) is 19.6 Å². The van der Waals surface area contributed by atoms with E-state index in [9.17, 15) is 13.2 Å². The maximum Gasteiger partial charge on any atom is 0.241 e. The summed E-state index contributed by atoms with van der Waals surface area (Å²) in [6.45, 7) is 4.68. The highest BCUT2D eigenvalue weighted by Gasteiger charge is 2.24. The fourth-order valence-corrected chi connectivity index (χ4v) is 2.84. The molecule has 0 fully saturated rings. The summed E-state index contributed by atoms with van der Waals surface area (Å²) in [4.78, 5) is 12.5. The number of rotatable bonds is 4. The van der Waals surface area contributed by atoms with Gasteiger partial charge >= 0.3 is 0 Å². The number of sulfonamides is 1. The number of hydrogen-bond acceptors (Lipinski definition) is 4. The zero-order valence-corrected chi connectivity index (χ0v) is 12.1. The van der Waals surface area contributed by atoms with E-state index in [0.29, 0.717) is 4.34 Å². The van der Waals surface area contributed by atoms with Gasteiger partial charge in [-0.05, 0) is 32.9 Å². The molecule has 1 atom stereocenters. The highest BCUT2D eigenvalue weighted by molar-refractivity contribution is 7.90. The van der Waals surface area contributed by atoms with E-state index < -0.39 is 27.1 Å². The molecule has 0 unspecified atom stereocenters. The second-order valence-electron chi connectivity index (χ2n) is 3.92. The van der Waals surface area contributed by atoms with E-state index in [1.54, 1.807) is 19.1 Å². The van der Waals surface area contributed by atoms with Gasteiger partial charge in [0.2, 0.25) is 15.9 Å². The van der Waals surface area contributed by atoms with Crippen molar-refractivity contribution in [1.29, 1.82) is 0 Å². The predicted octanol–water partition coefficient (Wildman–Crippen LogP) is 2.36. The molecule has 0 saturated heterocycles. The van der Waals surface area contributed by atoms with Crippen LogP contribution in [0.3, 0.4) is 0 Å². The van der Waals surface area contributed by atoms with Crippen LogP contribution in [0.15, 0.2) is 12.1 Å². The zero-order chi connectivity index (χ0) is 13.2. The van der Waals surface area contributed by atoms with Crippen LogP contribution >= 0.6 is 22.9 Å². The molecule has 0 aliphatic rings. The van der Waals surface area contributed by atoms with E-state index in [1.165, 1.54) is 25.2 Å². The van der Waals surface area contributed by atoms with Gasteiger partial charge in [0, 0.05) is 4.88 Å². The summed E-state index contributed by atoms with van der Waals surface area (Å²) in [5.74, 6) is -1.06. The minimum absolute atomic E-state index is 0.527. The van der Waals surface area contributed by atoms with E-state index in [4.69, 9.17) is 11.6 Å². The molecule has 1 heterocycles. The van der Waals surface area contributed by atoms with Crippen molar-refractivity contribution in [1.82, 2.24) is 4.72 Å². The van der Waals surface area contributed by atoms with Crippen molar-refractivity contribution in [3.05, 3.63) is 21.3 Å². The van der Waals surface area contributed by atoms with Crippen LogP contribution in [0.25, 0.3) is 0 Å². The Bertz CT molecular complexity index is 507. The first-order valence-corrected chi connectivity index (χ1v) is 7.79. The summed E-state index contributed by atoms with van der Waals surface area (Å²) in [7, 11) is -3.57. The summed E-state index contributed by atoms with van der Waals surface area (Å²) in [6, 6.07) is 3.40. The molecule has 0 aliphatic heterocycles. The van der Waals surface area contributed by atoms with Crippen molar-refractivity contribution in [3.8, 4) is 0 Å². The topological polar surface area (TPSA) is 63.2 Å². The summed E-state index contributed by atoms with van der Waals surface area (Å²) in [5.41, 5.74) is 0. The van der Waals surface area contributed by atoms with Gasteiger partial charge in [-0.2, -0.15) is 0 Å². The fraction of sp³-hybridized carbons (Fsp3) is 0.500. The van der Waals surface area contributed by atoms with Crippen LogP contribution in [0.1, 0.15) is 31.6 Å². The van der Waals surface area contributed by atoms with Crippen molar-refractivity contribution in [2.24, 2.45) is 0 Å². The van der Waals surface area contributed by atoms with Gasteiger partial charge in [-0.1, -0.05) is 11.6 Å². The average Bonchev–Trinajstić information content (AvgIpc) is 2.62. The summed E-state index contributed by atoms with van der Waals surface area (Å²) in [6.07, 6.45) is 0. The minimum Gasteiger partial charge on any atom is -0.273 e. The number of hydrogen-bond donors (Lipinski definition) is 1. The quantitative estimate of drug-likeness (QED) is 0.927. The van der Waals surface area contributed by atoms with Gasteiger partial charge in [-0.3, -0.25) is 9.52 Å². The zero-order valence-electron chi connectivity index (χ0n) is 9.73. The van der Waals surface area contributed by atoms with E-state index in [-0.39, 0.29) is 0 Å². The lowest BCUT2D eigenvalue weighted by Crippen LogP contribution is -2.37. The molecule has 0 aromatic carbocycles. The Hall–Kier alpha value is -0.590. The third-order valence-electron chi connectivity index (χ3n) is 2.28. The molecular weight excluding hydrogens is 282 g/mol. The Labute approximate surface area is 110 Å². The van der Waals surface area contributed by atoms with Crippen molar-refractivity contribution in [3.63, 3.8) is 0 Å². The maximum absolute atomic E-state index is 11.7. The molecule has 4 nitrogen and oxygen atoms in total. The highest BCUT2D eigenvalue weighted by Crippen LogP contribution is 2.28. The third kappa shape index (κ3) is 3.69. The molecule has 1 aromatic heterocycles. The monoisotopic (exact) mass is 295 g/mol. The van der Waals surface area contributed by atoms with Gasteiger partial charge in [-0.25, -0.2) is 8.42 Å². The Morgan fingerprint density at radius 2 is 1.94 bits per heavy atom. The normalized spacial score (nSPS) is 13.7. The molecule has 1 amide bonds. The molecule has 96 valence electrons. The maximum atomic E-state index is 11.7. The van der Waals surface area contributed by atoms with Crippen molar-refractivity contribution in [2.45, 2.75) is 31.9 Å². The molecule has 1 aromatic rings. The number of halogens is 1. The van der Waals surface area contributed by atoms with Crippen LogP contribution < -0.4 is 4.72 Å². The standard InChI is InChI=1S/C10H14ClNO3S2/c1-6(2)17(14,15)12-10(13)7(3)8-4-5-9(11)16-8/h4-7H,1-3H3,(H,12,13)/t7-/m1/s1. The van der Waals surface area contributed by atoms with E-state index in [2.05, 4.69) is 4.72 Å². The van der Waals surface area contributed by atoms with Crippen molar-refractivity contribution < 1.29 is 13.2 Å². The second kappa shape index (κ2) is 5.37. The first-order valence-electron chi connectivity index (χ1n) is 5.04. The van der Waals surface area contributed by atoms with Gasteiger partial charge in [-0.15, -0.1) is 11.3 Å². The highest BCUT2D eigenvalue weighted by atomic mass is 35.5. The molecule has 1 N–H and O–H groups in total. The van der Waals surface area contributed by atoms with Crippen molar-refractivity contribution >= 4 is 38.9 Å². The van der Waals surface area contributed by atoms with Gasteiger partial charge < -0.3 is 0 Å². The first kappa shape index (κ1) is 14.5. The summed E-state index contributed by atoms with van der Waals surface area (Å²) in [5, 5.41) is -0.634. The lowest BCUT2D eigenvalue weighted by molar-refractivity contribution is -0.120. The second-order valence-corrected chi connectivity index (χ2v) is 7.91. The van der Waals surface area contributed by atoms with E-state index >= 15 is 0 Å². The number of nitrogens with one attached hydrogen (secondary N) is 1. The number of carbonyl (C=O) groups is 1. The first-order chi connectivity index (χ1) is 7.74. The average molecular weight is 296 g/mol. The molecular formula is C10H14ClNO3S2. The Balaban J connectivity index is 2.79. The van der Waals surface area contributed by atoms with Crippen LogP contribution in [0.4, 0.5) is 0 Å². The molecule has 7 heteroatoms. The number of amides is 1. The predicted molar refractivity (Wildman–Crippen MR) is 69.9 cm³/mol. The molecule has 0 radical (unpaired) electrons. The Kier molecular flexibility index (Phi) is 4.57. The SMILES string of the molecule is CC(C)S(=O)(=O)NC(=O)[C@H](C)c1ccc(Cl)s1. The lowest BCUT2D eigenvalue weighted by atomic mass is 10.1. The smallest absolute Gasteiger partial charge is 0.241 e. The van der Waals surface area contributed by atoms with E-state index in [1.807, 2.05) is 0 Å². The van der Waals surface area contributed by atoms with Crippen LogP contribution in [0, 0.1) is 0 Å². The molecule has 0 aliphatic carbocycles. The molecule has 1 rings (SSSR count).